The highest BCUT2D eigenvalue weighted by Crippen LogP contribution is 2.10. The molecule has 1 rings (SSSR count). The van der Waals surface area contributed by atoms with Crippen LogP contribution < -0.4 is 11.1 Å². The van der Waals surface area contributed by atoms with E-state index in [1.165, 1.54) is 12.5 Å². The Balaban J connectivity index is 2.54. The normalized spacial score (nSPS) is 9.62. The summed E-state index contributed by atoms with van der Waals surface area (Å²) < 4.78 is 0. The molecule has 6 heteroatoms. The standard InChI is InChI=1S/C7H10N4O2/c8-6-2-9-4-11-7(6)10-1-5(13)3-12/h2,4,12H,1,3,8H2,(H,9,10,11). The highest BCUT2D eigenvalue weighted by Gasteiger charge is 2.02. The van der Waals surface area contributed by atoms with Crippen molar-refractivity contribution >= 4 is 17.3 Å². The first-order valence-corrected chi connectivity index (χ1v) is 3.66. The van der Waals surface area contributed by atoms with Crippen LogP contribution in [0.15, 0.2) is 12.5 Å². The van der Waals surface area contributed by atoms with Gasteiger partial charge in [0.25, 0.3) is 0 Å². The van der Waals surface area contributed by atoms with Crippen molar-refractivity contribution in [1.29, 1.82) is 0 Å². The molecule has 0 fully saturated rings. The van der Waals surface area contributed by atoms with E-state index in [1.807, 2.05) is 0 Å². The Morgan fingerprint density at radius 1 is 1.69 bits per heavy atom. The number of carbonyl (C=O) groups excluding carboxylic acids is 1. The van der Waals surface area contributed by atoms with Crippen LogP contribution in [0.1, 0.15) is 0 Å². The summed E-state index contributed by atoms with van der Waals surface area (Å²) in [5.74, 6) is 0.0785. The highest BCUT2D eigenvalue weighted by molar-refractivity contribution is 5.84. The fourth-order valence-corrected chi connectivity index (χ4v) is 0.726. The number of aliphatic hydroxyl groups is 1. The zero-order valence-electron chi connectivity index (χ0n) is 6.90. The molecule has 1 aromatic rings. The quantitative estimate of drug-likeness (QED) is 0.554. The number of nitrogens with zero attached hydrogens (tertiary/aromatic N) is 2. The molecule has 1 heterocycles. The van der Waals surface area contributed by atoms with Gasteiger partial charge in [0.05, 0.1) is 18.4 Å². The summed E-state index contributed by atoms with van der Waals surface area (Å²) >= 11 is 0. The van der Waals surface area contributed by atoms with Crippen LogP contribution in [0, 0.1) is 0 Å². The predicted molar refractivity (Wildman–Crippen MR) is 47.0 cm³/mol. The van der Waals surface area contributed by atoms with Crippen LogP contribution in [-0.2, 0) is 4.79 Å². The SMILES string of the molecule is Nc1cncnc1NCC(=O)CO. The van der Waals surface area contributed by atoms with E-state index in [9.17, 15) is 4.79 Å². The minimum absolute atomic E-state index is 0.0116. The molecule has 0 saturated carbocycles. The first kappa shape index (κ1) is 9.40. The predicted octanol–water partition coefficient (Wildman–Crippen LogP) is -0.968. The maximum absolute atomic E-state index is 10.7. The highest BCUT2D eigenvalue weighted by atomic mass is 16.3. The summed E-state index contributed by atoms with van der Waals surface area (Å²) in [6.07, 6.45) is 2.75. The first-order valence-electron chi connectivity index (χ1n) is 3.66. The number of Topliss-reactive ketones (excluding diaryl/α,β-unsaturated/α-hetero) is 1. The van der Waals surface area contributed by atoms with Crippen LogP contribution >= 0.6 is 0 Å². The van der Waals surface area contributed by atoms with Gasteiger partial charge in [-0.05, 0) is 0 Å². The number of hydrogen-bond acceptors (Lipinski definition) is 6. The van der Waals surface area contributed by atoms with E-state index in [0.29, 0.717) is 11.5 Å². The number of nitrogens with two attached hydrogens (primary N) is 1. The lowest BCUT2D eigenvalue weighted by atomic mass is 10.4. The second-order valence-corrected chi connectivity index (χ2v) is 2.38. The van der Waals surface area contributed by atoms with Crippen LogP contribution in [0.4, 0.5) is 11.5 Å². The van der Waals surface area contributed by atoms with Gasteiger partial charge in [-0.1, -0.05) is 0 Å². The molecule has 0 amide bonds. The summed E-state index contributed by atoms with van der Waals surface area (Å²) in [5.41, 5.74) is 5.86. The lowest BCUT2D eigenvalue weighted by molar-refractivity contribution is -0.120. The number of nitrogen functional groups attached to an aromatic ring is 1. The van der Waals surface area contributed by atoms with E-state index >= 15 is 0 Å². The van der Waals surface area contributed by atoms with Crippen LogP contribution in [0.25, 0.3) is 0 Å². The summed E-state index contributed by atoms with van der Waals surface area (Å²) in [7, 11) is 0. The largest absolute Gasteiger partial charge is 0.394 e. The van der Waals surface area contributed by atoms with Crippen molar-refractivity contribution in [2.45, 2.75) is 0 Å². The molecular weight excluding hydrogens is 172 g/mol. The zero-order chi connectivity index (χ0) is 9.68. The third-order valence-electron chi connectivity index (χ3n) is 1.37. The van der Waals surface area contributed by atoms with E-state index in [2.05, 4.69) is 15.3 Å². The maximum Gasteiger partial charge on any atom is 0.177 e. The molecule has 0 bridgehead atoms. The lowest BCUT2D eigenvalue weighted by Crippen LogP contribution is -2.18. The molecule has 0 aromatic carbocycles. The van der Waals surface area contributed by atoms with Crippen LogP contribution in [0.2, 0.25) is 0 Å². The molecule has 0 aliphatic carbocycles. The number of aromatic nitrogens is 2. The van der Waals surface area contributed by atoms with Gasteiger partial charge in [-0.15, -0.1) is 0 Å². The van der Waals surface area contributed by atoms with Crippen LogP contribution in [0.3, 0.4) is 0 Å². The number of anilines is 2. The van der Waals surface area contributed by atoms with Gasteiger partial charge in [0.15, 0.2) is 11.6 Å². The monoisotopic (exact) mass is 182 g/mol. The Kier molecular flexibility index (Phi) is 3.15. The molecule has 0 spiro atoms. The van der Waals surface area contributed by atoms with Crippen molar-refractivity contribution in [3.05, 3.63) is 12.5 Å². The number of carbonyl (C=O) groups is 1. The maximum atomic E-state index is 10.7. The Morgan fingerprint density at radius 2 is 2.46 bits per heavy atom. The number of rotatable bonds is 4. The molecule has 70 valence electrons. The van der Waals surface area contributed by atoms with Crippen molar-refractivity contribution < 1.29 is 9.90 Å². The third-order valence-corrected chi connectivity index (χ3v) is 1.37. The van der Waals surface area contributed by atoms with Crippen molar-refractivity contribution in [3.63, 3.8) is 0 Å². The van der Waals surface area contributed by atoms with E-state index in [-0.39, 0.29) is 12.3 Å². The zero-order valence-corrected chi connectivity index (χ0v) is 6.90. The minimum atomic E-state index is -0.488. The summed E-state index contributed by atoms with van der Waals surface area (Å²) in [4.78, 5) is 18.2. The van der Waals surface area contributed by atoms with E-state index in [0.717, 1.165) is 0 Å². The van der Waals surface area contributed by atoms with Crippen LogP contribution in [-0.4, -0.2) is 34.0 Å². The average Bonchev–Trinajstić information content (AvgIpc) is 2.16. The second-order valence-electron chi connectivity index (χ2n) is 2.38. The van der Waals surface area contributed by atoms with Crippen LogP contribution in [0.5, 0.6) is 0 Å². The Labute approximate surface area is 74.8 Å². The molecule has 13 heavy (non-hydrogen) atoms. The molecule has 0 atom stereocenters. The van der Waals surface area contributed by atoms with Crippen molar-refractivity contribution in [1.82, 2.24) is 9.97 Å². The minimum Gasteiger partial charge on any atom is -0.394 e. The summed E-state index contributed by atoms with van der Waals surface area (Å²) in [5, 5.41) is 11.1. The molecule has 0 aliphatic rings. The molecule has 0 aliphatic heterocycles. The summed E-state index contributed by atoms with van der Waals surface area (Å²) in [6, 6.07) is 0. The lowest BCUT2D eigenvalue weighted by Gasteiger charge is -2.04. The molecule has 1 aromatic heterocycles. The Bertz CT molecular complexity index is 302. The number of nitrogens with one attached hydrogen (secondary N) is 1. The fourth-order valence-electron chi connectivity index (χ4n) is 0.726. The first-order chi connectivity index (χ1) is 6.24. The van der Waals surface area contributed by atoms with Crippen molar-refractivity contribution in [2.24, 2.45) is 0 Å². The van der Waals surface area contributed by atoms with Gasteiger partial charge in [-0.3, -0.25) is 4.79 Å². The van der Waals surface area contributed by atoms with E-state index in [1.54, 1.807) is 0 Å². The van der Waals surface area contributed by atoms with Gasteiger partial charge in [-0.2, -0.15) is 0 Å². The molecule has 6 nitrogen and oxygen atoms in total. The Morgan fingerprint density at radius 3 is 3.08 bits per heavy atom. The van der Waals surface area contributed by atoms with Gasteiger partial charge in [0.2, 0.25) is 0 Å². The third kappa shape index (κ3) is 2.68. The number of aliphatic hydroxyl groups excluding tert-OH is 1. The molecular formula is C7H10N4O2. The fraction of sp³-hybridized carbons (Fsp3) is 0.286. The number of ketones is 1. The smallest absolute Gasteiger partial charge is 0.177 e. The topological polar surface area (TPSA) is 101 Å². The van der Waals surface area contributed by atoms with Gasteiger partial charge < -0.3 is 16.2 Å². The second kappa shape index (κ2) is 4.36. The van der Waals surface area contributed by atoms with Crippen molar-refractivity contribution in [2.75, 3.05) is 24.2 Å². The molecule has 0 unspecified atom stereocenters. The average molecular weight is 182 g/mol. The van der Waals surface area contributed by atoms with Gasteiger partial charge in [0, 0.05) is 0 Å². The van der Waals surface area contributed by atoms with E-state index in [4.69, 9.17) is 10.8 Å². The number of hydrogen-bond donors (Lipinski definition) is 3. The van der Waals surface area contributed by atoms with Gasteiger partial charge >= 0.3 is 0 Å². The van der Waals surface area contributed by atoms with Gasteiger partial charge in [0.1, 0.15) is 12.9 Å². The van der Waals surface area contributed by atoms with E-state index < -0.39 is 6.61 Å². The molecule has 0 saturated heterocycles. The van der Waals surface area contributed by atoms with Gasteiger partial charge in [-0.25, -0.2) is 9.97 Å². The molecule has 0 radical (unpaired) electrons. The summed E-state index contributed by atoms with van der Waals surface area (Å²) in [6.45, 7) is -0.476. The molecule has 4 N–H and O–H groups in total. The van der Waals surface area contributed by atoms with Crippen molar-refractivity contribution in [3.8, 4) is 0 Å². The Hall–Kier alpha value is -1.69.